The fourth-order valence-electron chi connectivity index (χ4n) is 0.898. The maximum absolute atomic E-state index is 10.4. The van der Waals surface area contributed by atoms with E-state index in [-0.39, 0.29) is 35.6 Å². The first kappa shape index (κ1) is 11.4. The van der Waals surface area contributed by atoms with Gasteiger partial charge in [0.25, 0.3) is 0 Å². The summed E-state index contributed by atoms with van der Waals surface area (Å²) in [5.74, 6) is -0.727. The Hall–Kier alpha value is 0.430. The molecular formula is C7H13NNaO2. The van der Waals surface area contributed by atoms with Crippen LogP contribution >= 0.6 is 0 Å². The molecule has 1 saturated carbocycles. The van der Waals surface area contributed by atoms with Gasteiger partial charge in [-0.3, -0.25) is 4.79 Å². The second-order valence-corrected chi connectivity index (χ2v) is 2.74. The summed E-state index contributed by atoms with van der Waals surface area (Å²) in [5.41, 5.74) is 0. The van der Waals surface area contributed by atoms with E-state index in [0.717, 1.165) is 12.8 Å². The zero-order valence-electron chi connectivity index (χ0n) is 7.13. The molecule has 59 valence electrons. The molecule has 0 aliphatic heterocycles. The predicted molar refractivity (Wildman–Crippen MR) is 43.6 cm³/mol. The normalized spacial score (nSPS) is 18.6. The topological polar surface area (TPSA) is 49.3 Å². The molecular weight excluding hydrogens is 153 g/mol. The van der Waals surface area contributed by atoms with Crippen molar-refractivity contribution >= 4 is 35.5 Å². The molecule has 0 aromatic rings. The average molecular weight is 166 g/mol. The molecule has 0 aromatic carbocycles. The number of aliphatic carboxylic acids is 1. The van der Waals surface area contributed by atoms with Gasteiger partial charge in [0, 0.05) is 35.6 Å². The molecule has 3 nitrogen and oxygen atoms in total. The fourth-order valence-corrected chi connectivity index (χ4v) is 0.898. The Morgan fingerprint density at radius 3 is 2.55 bits per heavy atom. The number of hydrogen-bond acceptors (Lipinski definition) is 2. The van der Waals surface area contributed by atoms with Crippen molar-refractivity contribution in [2.24, 2.45) is 0 Å². The summed E-state index contributed by atoms with van der Waals surface area (Å²) < 4.78 is 0. The van der Waals surface area contributed by atoms with E-state index < -0.39 is 5.97 Å². The van der Waals surface area contributed by atoms with Gasteiger partial charge in [0.1, 0.15) is 6.04 Å². The summed E-state index contributed by atoms with van der Waals surface area (Å²) in [6, 6.07) is 0.161. The molecule has 1 aliphatic carbocycles. The monoisotopic (exact) mass is 166 g/mol. The third-order valence-corrected chi connectivity index (χ3v) is 1.72. The van der Waals surface area contributed by atoms with Crippen molar-refractivity contribution in [3.8, 4) is 0 Å². The second kappa shape index (κ2) is 5.14. The van der Waals surface area contributed by atoms with E-state index in [4.69, 9.17) is 5.11 Å². The van der Waals surface area contributed by atoms with E-state index in [0.29, 0.717) is 12.5 Å². The van der Waals surface area contributed by atoms with Crippen molar-refractivity contribution in [2.75, 3.05) is 0 Å². The fraction of sp³-hybridized carbons (Fsp3) is 0.857. The van der Waals surface area contributed by atoms with Crippen LogP contribution in [0.3, 0.4) is 0 Å². The van der Waals surface area contributed by atoms with Gasteiger partial charge >= 0.3 is 5.97 Å². The molecule has 0 heterocycles. The molecule has 0 bridgehead atoms. The van der Waals surface area contributed by atoms with Crippen LogP contribution in [0.2, 0.25) is 0 Å². The maximum Gasteiger partial charge on any atom is 0.320 e. The van der Waals surface area contributed by atoms with Crippen LogP contribution in [-0.4, -0.2) is 52.7 Å². The molecule has 0 spiro atoms. The summed E-state index contributed by atoms with van der Waals surface area (Å²) in [6.07, 6.45) is 2.96. The number of hydrogen-bond donors (Lipinski definition) is 2. The van der Waals surface area contributed by atoms with E-state index in [1.165, 1.54) is 0 Å². The Morgan fingerprint density at radius 1 is 1.73 bits per heavy atom. The van der Waals surface area contributed by atoms with Crippen LogP contribution in [0.1, 0.15) is 26.2 Å². The Labute approximate surface area is 88.8 Å². The Balaban J connectivity index is 0.000001000. The summed E-state index contributed by atoms with van der Waals surface area (Å²) in [7, 11) is 0. The van der Waals surface area contributed by atoms with Gasteiger partial charge in [-0.25, -0.2) is 0 Å². The van der Waals surface area contributed by atoms with Crippen LogP contribution in [0.5, 0.6) is 0 Å². The molecule has 2 N–H and O–H groups in total. The van der Waals surface area contributed by atoms with Gasteiger partial charge in [0.05, 0.1) is 0 Å². The number of carboxylic acids is 1. The Kier molecular flexibility index (Phi) is 5.34. The molecule has 4 heteroatoms. The van der Waals surface area contributed by atoms with Crippen LogP contribution in [0.4, 0.5) is 0 Å². The summed E-state index contributed by atoms with van der Waals surface area (Å²) >= 11 is 0. The molecule has 0 aromatic heterocycles. The van der Waals surface area contributed by atoms with Crippen molar-refractivity contribution in [3.63, 3.8) is 0 Å². The van der Waals surface area contributed by atoms with Crippen molar-refractivity contribution in [1.29, 1.82) is 0 Å². The van der Waals surface area contributed by atoms with Gasteiger partial charge in [-0.2, -0.15) is 0 Å². The number of rotatable bonds is 4. The van der Waals surface area contributed by atoms with Crippen LogP contribution in [0, 0.1) is 0 Å². The third kappa shape index (κ3) is 4.11. The molecule has 1 rings (SSSR count). The van der Waals surface area contributed by atoms with Gasteiger partial charge in [-0.15, -0.1) is 0 Å². The molecule has 1 atom stereocenters. The minimum Gasteiger partial charge on any atom is -0.480 e. The summed E-state index contributed by atoms with van der Waals surface area (Å²) in [5, 5.41) is 11.6. The van der Waals surface area contributed by atoms with Crippen molar-refractivity contribution in [3.05, 3.63) is 0 Å². The first-order valence-corrected chi connectivity index (χ1v) is 3.73. The van der Waals surface area contributed by atoms with Crippen molar-refractivity contribution < 1.29 is 9.90 Å². The zero-order chi connectivity index (χ0) is 7.56. The quantitative estimate of drug-likeness (QED) is 0.587. The van der Waals surface area contributed by atoms with Crippen molar-refractivity contribution in [2.45, 2.75) is 38.3 Å². The molecule has 1 fully saturated rings. The number of carboxylic acid groups (broad SMARTS) is 1. The zero-order valence-corrected chi connectivity index (χ0v) is 9.13. The van der Waals surface area contributed by atoms with E-state index in [1.54, 1.807) is 0 Å². The largest absolute Gasteiger partial charge is 0.480 e. The number of carbonyl (C=O) groups is 1. The van der Waals surface area contributed by atoms with Gasteiger partial charge < -0.3 is 10.4 Å². The van der Waals surface area contributed by atoms with Gasteiger partial charge in [0.15, 0.2) is 0 Å². The summed E-state index contributed by atoms with van der Waals surface area (Å²) in [4.78, 5) is 10.4. The molecule has 1 unspecified atom stereocenters. The Morgan fingerprint density at radius 2 is 2.27 bits per heavy atom. The molecule has 0 saturated heterocycles. The molecule has 1 aliphatic rings. The van der Waals surface area contributed by atoms with E-state index in [2.05, 4.69) is 5.32 Å². The van der Waals surface area contributed by atoms with Gasteiger partial charge in [-0.1, -0.05) is 6.92 Å². The van der Waals surface area contributed by atoms with E-state index >= 15 is 0 Å². The van der Waals surface area contributed by atoms with E-state index in [9.17, 15) is 4.79 Å². The minimum atomic E-state index is -0.727. The first-order valence-electron chi connectivity index (χ1n) is 3.73. The van der Waals surface area contributed by atoms with Crippen LogP contribution in [-0.2, 0) is 4.79 Å². The molecule has 1 radical (unpaired) electrons. The van der Waals surface area contributed by atoms with Crippen LogP contribution < -0.4 is 5.32 Å². The average Bonchev–Trinajstić information content (AvgIpc) is 2.64. The SMILES string of the molecule is CCC(NC1CC1)C(=O)O.[Na]. The third-order valence-electron chi connectivity index (χ3n) is 1.72. The second-order valence-electron chi connectivity index (χ2n) is 2.74. The van der Waals surface area contributed by atoms with Gasteiger partial charge in [-0.05, 0) is 19.3 Å². The maximum atomic E-state index is 10.4. The van der Waals surface area contributed by atoms with Crippen LogP contribution in [0.15, 0.2) is 0 Å². The van der Waals surface area contributed by atoms with Gasteiger partial charge in [0.2, 0.25) is 0 Å². The smallest absolute Gasteiger partial charge is 0.320 e. The van der Waals surface area contributed by atoms with Crippen LogP contribution in [0.25, 0.3) is 0 Å². The molecule has 0 amide bonds. The Bertz CT molecular complexity index is 136. The molecule has 11 heavy (non-hydrogen) atoms. The van der Waals surface area contributed by atoms with Crippen molar-refractivity contribution in [1.82, 2.24) is 5.32 Å². The van der Waals surface area contributed by atoms with E-state index in [1.807, 2.05) is 6.92 Å². The predicted octanol–water partition coefficient (Wildman–Crippen LogP) is 0.221. The standard InChI is InChI=1S/C7H13NO2.Na/c1-2-6(7(9)10)8-5-3-4-5;/h5-6,8H,2-4H2,1H3,(H,9,10);. The number of nitrogens with one attached hydrogen (secondary N) is 1. The summed E-state index contributed by atoms with van der Waals surface area (Å²) in [6.45, 7) is 1.88. The first-order chi connectivity index (χ1) is 4.74. The minimum absolute atomic E-state index is 0.